The van der Waals surface area contributed by atoms with E-state index in [-0.39, 0.29) is 4.90 Å². The van der Waals surface area contributed by atoms with Gasteiger partial charge in [0.25, 0.3) is 0 Å². The zero-order valence-corrected chi connectivity index (χ0v) is 13.6. The molecular formula is C18H15N3O2S. The molecule has 5 nitrogen and oxygen atoms in total. The van der Waals surface area contributed by atoms with Gasteiger partial charge in [-0.15, -0.1) is 0 Å². The molecule has 2 aromatic heterocycles. The van der Waals surface area contributed by atoms with Crippen LogP contribution in [-0.2, 0) is 16.6 Å². The summed E-state index contributed by atoms with van der Waals surface area (Å²) in [5.41, 5.74) is 4.11. The summed E-state index contributed by atoms with van der Waals surface area (Å²) in [7, 11) is -3.67. The molecule has 0 amide bonds. The maximum absolute atomic E-state index is 11.4. The molecule has 2 aromatic carbocycles. The molecular weight excluding hydrogens is 322 g/mol. The van der Waals surface area contributed by atoms with Gasteiger partial charge in [0.2, 0.25) is 10.0 Å². The van der Waals surface area contributed by atoms with Crippen molar-refractivity contribution in [1.29, 1.82) is 0 Å². The molecule has 0 saturated carbocycles. The Hall–Kier alpha value is -2.70. The summed E-state index contributed by atoms with van der Waals surface area (Å²) in [6.07, 6.45) is 1.79. The third-order valence-electron chi connectivity index (χ3n) is 4.12. The van der Waals surface area contributed by atoms with Crippen molar-refractivity contribution in [2.24, 2.45) is 5.14 Å². The minimum absolute atomic E-state index is 0.120. The van der Waals surface area contributed by atoms with Crippen molar-refractivity contribution in [1.82, 2.24) is 9.55 Å². The molecule has 0 aliphatic carbocycles. The van der Waals surface area contributed by atoms with Crippen molar-refractivity contribution in [2.45, 2.75) is 11.4 Å². The number of primary sulfonamides is 1. The lowest BCUT2D eigenvalue weighted by Gasteiger charge is -2.08. The fraction of sp³-hybridized carbons (Fsp3) is 0.0556. The second kappa shape index (κ2) is 5.43. The number of nitrogens with zero attached hydrogens (tertiary/aromatic N) is 2. The molecule has 2 heterocycles. The Labute approximate surface area is 139 Å². The molecule has 2 N–H and O–H groups in total. The van der Waals surface area contributed by atoms with Gasteiger partial charge in [0.15, 0.2) is 0 Å². The summed E-state index contributed by atoms with van der Waals surface area (Å²) in [4.78, 5) is 4.62. The van der Waals surface area contributed by atoms with Crippen LogP contribution in [0.25, 0.3) is 21.9 Å². The Morgan fingerprint density at radius 2 is 1.62 bits per heavy atom. The molecule has 0 radical (unpaired) electrons. The van der Waals surface area contributed by atoms with Gasteiger partial charge in [-0.05, 0) is 35.9 Å². The maximum atomic E-state index is 11.4. The monoisotopic (exact) mass is 337 g/mol. The van der Waals surface area contributed by atoms with E-state index in [9.17, 15) is 8.42 Å². The lowest BCUT2D eigenvalue weighted by atomic mass is 10.2. The zero-order chi connectivity index (χ0) is 16.7. The number of para-hydroxylation sites is 1. The van der Waals surface area contributed by atoms with Crippen molar-refractivity contribution in [3.05, 3.63) is 72.4 Å². The molecule has 0 saturated heterocycles. The van der Waals surface area contributed by atoms with E-state index in [1.54, 1.807) is 18.3 Å². The first-order valence-corrected chi connectivity index (χ1v) is 9.02. The minimum Gasteiger partial charge on any atom is -0.335 e. The Balaban J connectivity index is 1.84. The van der Waals surface area contributed by atoms with Gasteiger partial charge in [-0.3, -0.25) is 4.98 Å². The van der Waals surface area contributed by atoms with Crippen molar-refractivity contribution in [3.63, 3.8) is 0 Å². The highest BCUT2D eigenvalue weighted by molar-refractivity contribution is 7.89. The quantitative estimate of drug-likeness (QED) is 0.624. The van der Waals surface area contributed by atoms with Crippen molar-refractivity contribution in [3.8, 4) is 0 Å². The van der Waals surface area contributed by atoms with Crippen molar-refractivity contribution >= 4 is 32.0 Å². The highest BCUT2D eigenvalue weighted by Crippen LogP contribution is 2.27. The first-order valence-electron chi connectivity index (χ1n) is 7.48. The molecule has 4 rings (SSSR count). The molecule has 24 heavy (non-hydrogen) atoms. The summed E-state index contributed by atoms with van der Waals surface area (Å²) in [6, 6.07) is 18.7. The average Bonchev–Trinajstić information content (AvgIpc) is 2.89. The van der Waals surface area contributed by atoms with Crippen LogP contribution in [0.4, 0.5) is 0 Å². The van der Waals surface area contributed by atoms with Gasteiger partial charge in [-0.25, -0.2) is 13.6 Å². The molecule has 6 heteroatoms. The summed E-state index contributed by atoms with van der Waals surface area (Å²) >= 11 is 0. The van der Waals surface area contributed by atoms with E-state index in [0.717, 1.165) is 27.5 Å². The van der Waals surface area contributed by atoms with Crippen LogP contribution in [-0.4, -0.2) is 18.0 Å². The molecule has 0 aliphatic rings. The number of hydrogen-bond donors (Lipinski definition) is 1. The Morgan fingerprint density at radius 3 is 2.38 bits per heavy atom. The van der Waals surface area contributed by atoms with Crippen LogP contribution in [0.15, 0.2) is 71.8 Å². The van der Waals surface area contributed by atoms with Crippen LogP contribution in [0, 0.1) is 0 Å². The molecule has 0 bridgehead atoms. The predicted octanol–water partition coefficient (Wildman–Crippen LogP) is 2.89. The number of nitrogens with two attached hydrogens (primary N) is 1. The van der Waals surface area contributed by atoms with Crippen molar-refractivity contribution < 1.29 is 8.42 Å². The zero-order valence-electron chi connectivity index (χ0n) is 12.8. The predicted molar refractivity (Wildman–Crippen MR) is 94.2 cm³/mol. The van der Waals surface area contributed by atoms with E-state index in [0.29, 0.717) is 6.54 Å². The molecule has 0 aliphatic heterocycles. The molecule has 0 atom stereocenters. The molecule has 0 fully saturated rings. The Kier molecular flexibility index (Phi) is 3.37. The second-order valence-electron chi connectivity index (χ2n) is 5.66. The highest BCUT2D eigenvalue weighted by Gasteiger charge is 2.12. The number of pyridine rings is 1. The van der Waals surface area contributed by atoms with Gasteiger partial charge in [0, 0.05) is 18.1 Å². The van der Waals surface area contributed by atoms with E-state index in [4.69, 9.17) is 5.14 Å². The SMILES string of the molecule is NS(=O)(=O)c1ccc(Cn2c3ccccc3c3ncccc32)cc1. The maximum Gasteiger partial charge on any atom is 0.238 e. The first-order chi connectivity index (χ1) is 11.5. The van der Waals surface area contributed by atoms with Gasteiger partial charge >= 0.3 is 0 Å². The fourth-order valence-electron chi connectivity index (χ4n) is 3.00. The molecule has 0 unspecified atom stereocenters. The third-order valence-corrected chi connectivity index (χ3v) is 5.05. The average molecular weight is 337 g/mol. The number of aromatic nitrogens is 2. The topological polar surface area (TPSA) is 78.0 Å². The lowest BCUT2D eigenvalue weighted by Crippen LogP contribution is -2.12. The van der Waals surface area contributed by atoms with E-state index in [1.807, 2.05) is 24.3 Å². The standard InChI is InChI=1S/C18H15N3O2S/c19-24(22,23)14-9-7-13(8-10-14)12-21-16-5-2-1-4-15(16)18-17(21)6-3-11-20-18/h1-11H,12H2,(H2,19,22,23). The molecule has 4 aromatic rings. The number of rotatable bonds is 3. The van der Waals surface area contributed by atoms with Crippen LogP contribution in [0.3, 0.4) is 0 Å². The lowest BCUT2D eigenvalue weighted by molar-refractivity contribution is 0.597. The van der Waals surface area contributed by atoms with Gasteiger partial charge in [-0.1, -0.05) is 30.3 Å². The smallest absolute Gasteiger partial charge is 0.238 e. The van der Waals surface area contributed by atoms with Crippen LogP contribution < -0.4 is 5.14 Å². The van der Waals surface area contributed by atoms with Gasteiger partial charge in [0.1, 0.15) is 0 Å². The number of benzene rings is 2. The number of fused-ring (bicyclic) bond motifs is 3. The van der Waals surface area contributed by atoms with Gasteiger partial charge in [0.05, 0.1) is 21.4 Å². The van der Waals surface area contributed by atoms with Gasteiger partial charge < -0.3 is 4.57 Å². The fourth-order valence-corrected chi connectivity index (χ4v) is 3.51. The molecule has 120 valence electrons. The first kappa shape index (κ1) is 14.9. The van der Waals surface area contributed by atoms with Crippen LogP contribution in [0.2, 0.25) is 0 Å². The van der Waals surface area contributed by atoms with Crippen LogP contribution in [0.5, 0.6) is 0 Å². The molecule has 0 spiro atoms. The Morgan fingerprint density at radius 1 is 0.917 bits per heavy atom. The summed E-state index contributed by atoms with van der Waals surface area (Å²) in [5, 5.41) is 6.26. The summed E-state index contributed by atoms with van der Waals surface area (Å²) in [5.74, 6) is 0. The van der Waals surface area contributed by atoms with E-state index in [1.165, 1.54) is 12.1 Å². The summed E-state index contributed by atoms with van der Waals surface area (Å²) in [6.45, 7) is 0.626. The van der Waals surface area contributed by atoms with E-state index in [2.05, 4.69) is 21.7 Å². The number of hydrogen-bond acceptors (Lipinski definition) is 3. The Bertz CT molecular complexity index is 1090. The van der Waals surface area contributed by atoms with E-state index < -0.39 is 10.0 Å². The highest BCUT2D eigenvalue weighted by atomic mass is 32.2. The largest absolute Gasteiger partial charge is 0.335 e. The van der Waals surface area contributed by atoms with Gasteiger partial charge in [-0.2, -0.15) is 0 Å². The normalized spacial score (nSPS) is 12.0. The van der Waals surface area contributed by atoms with Crippen LogP contribution in [0.1, 0.15) is 5.56 Å². The van der Waals surface area contributed by atoms with Crippen LogP contribution >= 0.6 is 0 Å². The number of sulfonamides is 1. The third kappa shape index (κ3) is 2.46. The summed E-state index contributed by atoms with van der Waals surface area (Å²) < 4.78 is 24.9. The second-order valence-corrected chi connectivity index (χ2v) is 7.22. The van der Waals surface area contributed by atoms with E-state index >= 15 is 0 Å². The minimum atomic E-state index is -3.67. The van der Waals surface area contributed by atoms with Crippen molar-refractivity contribution in [2.75, 3.05) is 0 Å².